The largest absolute Gasteiger partial charge is 0.309 e. The minimum atomic E-state index is -0.480. The molecule has 0 aliphatic carbocycles. The van der Waals surface area contributed by atoms with Gasteiger partial charge in [0.1, 0.15) is 5.82 Å². The molecule has 0 aliphatic rings. The van der Waals surface area contributed by atoms with Gasteiger partial charge in [-0.05, 0) is 18.2 Å². The molecule has 0 unspecified atom stereocenters. The van der Waals surface area contributed by atoms with Gasteiger partial charge in [-0.1, -0.05) is 23.9 Å². The molecule has 7 nitrogen and oxygen atoms in total. The van der Waals surface area contributed by atoms with Crippen LogP contribution >= 0.6 is 11.8 Å². The molecule has 0 radical (unpaired) electrons. The van der Waals surface area contributed by atoms with Crippen LogP contribution in [0.25, 0.3) is 10.9 Å². The predicted octanol–water partition coefficient (Wildman–Crippen LogP) is 2.52. The van der Waals surface area contributed by atoms with Crippen LogP contribution in [-0.2, 0) is 5.75 Å². The molecule has 22 heavy (non-hydrogen) atoms. The highest BCUT2D eigenvalue weighted by Crippen LogP contribution is 2.28. The van der Waals surface area contributed by atoms with Crippen LogP contribution in [0.1, 0.15) is 5.82 Å². The van der Waals surface area contributed by atoms with Gasteiger partial charge in [-0.2, -0.15) is 0 Å². The summed E-state index contributed by atoms with van der Waals surface area (Å²) < 4.78 is 0. The Balaban J connectivity index is 1.89. The summed E-state index contributed by atoms with van der Waals surface area (Å²) in [7, 11) is 0. The van der Waals surface area contributed by atoms with Crippen LogP contribution < -0.4 is 5.56 Å². The maximum atomic E-state index is 12.0. The maximum Gasteiger partial charge on any atom is 0.301 e. The summed E-state index contributed by atoms with van der Waals surface area (Å²) in [5.41, 5.74) is 0.310. The molecule has 1 N–H and O–H groups in total. The number of aromatic amines is 1. The minimum absolute atomic E-state index is 0.0596. The lowest BCUT2D eigenvalue weighted by Crippen LogP contribution is -2.11. The number of nitrogens with one attached hydrogen (secondary N) is 1. The first-order chi connectivity index (χ1) is 10.6. The number of thioether (sulfide) groups is 1. The molecule has 0 bridgehead atoms. The fourth-order valence-electron chi connectivity index (χ4n) is 1.97. The molecule has 0 aliphatic heterocycles. The number of benzene rings is 1. The molecule has 0 spiro atoms. The van der Waals surface area contributed by atoms with E-state index in [9.17, 15) is 14.9 Å². The lowest BCUT2D eigenvalue weighted by atomic mass is 10.2. The van der Waals surface area contributed by atoms with E-state index in [0.29, 0.717) is 21.8 Å². The Labute approximate surface area is 128 Å². The zero-order valence-electron chi connectivity index (χ0n) is 11.2. The van der Waals surface area contributed by atoms with Gasteiger partial charge in [0, 0.05) is 12.3 Å². The number of hydrogen-bond acceptors (Lipinski definition) is 6. The quantitative estimate of drug-likeness (QED) is 0.451. The van der Waals surface area contributed by atoms with Crippen LogP contribution in [0.3, 0.4) is 0 Å². The fraction of sp³-hybridized carbons (Fsp3) is 0.0714. The Morgan fingerprint density at radius 3 is 2.86 bits per heavy atom. The first kappa shape index (κ1) is 14.2. The number of pyridine rings is 1. The fourth-order valence-corrected chi connectivity index (χ4v) is 2.81. The first-order valence-electron chi connectivity index (χ1n) is 6.35. The van der Waals surface area contributed by atoms with Crippen molar-refractivity contribution < 1.29 is 4.92 Å². The van der Waals surface area contributed by atoms with Gasteiger partial charge in [0.2, 0.25) is 0 Å². The van der Waals surface area contributed by atoms with Crippen molar-refractivity contribution in [2.75, 3.05) is 0 Å². The number of aromatic nitrogens is 3. The number of H-pyrrole nitrogens is 1. The van der Waals surface area contributed by atoms with Crippen molar-refractivity contribution in [3.8, 4) is 0 Å². The molecule has 0 saturated carbocycles. The van der Waals surface area contributed by atoms with Crippen molar-refractivity contribution >= 4 is 28.4 Å². The standard InChI is InChI=1S/C14H10N4O3S/c19-13-9-4-1-2-5-10(9)16-12(17-13)8-22-14-11(18(20)21)6-3-7-15-14/h1-7H,8H2,(H,16,17,19). The Hall–Kier alpha value is -2.74. The number of para-hydroxylation sites is 1. The molecular formula is C14H10N4O3S. The molecular weight excluding hydrogens is 304 g/mol. The molecule has 0 atom stereocenters. The van der Waals surface area contributed by atoms with Crippen LogP contribution in [0.4, 0.5) is 5.69 Å². The third-order valence-corrected chi connectivity index (χ3v) is 3.96. The maximum absolute atomic E-state index is 12.0. The number of rotatable bonds is 4. The topological polar surface area (TPSA) is 102 Å². The van der Waals surface area contributed by atoms with E-state index < -0.39 is 4.92 Å². The van der Waals surface area contributed by atoms with Crippen LogP contribution in [0.5, 0.6) is 0 Å². The van der Waals surface area contributed by atoms with Crippen LogP contribution in [0, 0.1) is 10.1 Å². The second-order valence-electron chi connectivity index (χ2n) is 4.40. The average Bonchev–Trinajstić information content (AvgIpc) is 2.53. The molecule has 0 fully saturated rings. The smallest absolute Gasteiger partial charge is 0.301 e. The molecule has 1 aromatic carbocycles. The SMILES string of the molecule is O=c1[nH]c(CSc2ncccc2[N+](=O)[O-])nc2ccccc12. The second-order valence-corrected chi connectivity index (χ2v) is 5.37. The van der Waals surface area contributed by atoms with Gasteiger partial charge < -0.3 is 4.98 Å². The Bertz CT molecular complexity index is 910. The van der Waals surface area contributed by atoms with Gasteiger partial charge in [-0.15, -0.1) is 0 Å². The summed E-state index contributed by atoms with van der Waals surface area (Å²) in [6.07, 6.45) is 1.49. The Kier molecular flexibility index (Phi) is 3.84. The van der Waals surface area contributed by atoms with Crippen molar-refractivity contribution in [1.29, 1.82) is 0 Å². The Morgan fingerprint density at radius 2 is 2.05 bits per heavy atom. The highest BCUT2D eigenvalue weighted by atomic mass is 32.2. The van der Waals surface area contributed by atoms with Crippen molar-refractivity contribution in [1.82, 2.24) is 15.0 Å². The molecule has 2 heterocycles. The van der Waals surface area contributed by atoms with Gasteiger partial charge in [0.25, 0.3) is 5.56 Å². The zero-order valence-corrected chi connectivity index (χ0v) is 12.0. The number of hydrogen-bond donors (Lipinski definition) is 1. The Morgan fingerprint density at radius 1 is 1.23 bits per heavy atom. The van der Waals surface area contributed by atoms with E-state index in [0.717, 1.165) is 11.8 Å². The van der Waals surface area contributed by atoms with Crippen LogP contribution in [0.2, 0.25) is 0 Å². The molecule has 3 aromatic rings. The minimum Gasteiger partial charge on any atom is -0.309 e. The van der Waals surface area contributed by atoms with E-state index in [-0.39, 0.29) is 17.0 Å². The lowest BCUT2D eigenvalue weighted by molar-refractivity contribution is -0.388. The summed E-state index contributed by atoms with van der Waals surface area (Å²) in [5.74, 6) is 0.742. The summed E-state index contributed by atoms with van der Waals surface area (Å²) in [5, 5.41) is 11.7. The molecule has 2 aromatic heterocycles. The number of nitro groups is 1. The van der Waals surface area contributed by atoms with Crippen LogP contribution in [0.15, 0.2) is 52.4 Å². The number of fused-ring (bicyclic) bond motifs is 1. The molecule has 0 amide bonds. The predicted molar refractivity (Wildman–Crippen MR) is 82.8 cm³/mol. The van der Waals surface area contributed by atoms with Crippen molar-refractivity contribution in [2.24, 2.45) is 0 Å². The molecule has 0 saturated heterocycles. The van der Waals surface area contributed by atoms with Gasteiger partial charge in [-0.25, -0.2) is 9.97 Å². The lowest BCUT2D eigenvalue weighted by Gasteiger charge is -2.03. The summed E-state index contributed by atoms with van der Waals surface area (Å²) in [6, 6.07) is 9.92. The summed E-state index contributed by atoms with van der Waals surface area (Å²) in [4.78, 5) is 33.5. The van der Waals surface area contributed by atoms with E-state index in [1.54, 1.807) is 24.3 Å². The van der Waals surface area contributed by atoms with Crippen molar-refractivity contribution in [2.45, 2.75) is 10.8 Å². The summed E-state index contributed by atoms with van der Waals surface area (Å²) >= 11 is 1.16. The third kappa shape index (κ3) is 2.82. The second kappa shape index (κ2) is 5.94. The van der Waals surface area contributed by atoms with Crippen LogP contribution in [-0.4, -0.2) is 19.9 Å². The highest BCUT2D eigenvalue weighted by molar-refractivity contribution is 7.98. The van der Waals surface area contributed by atoms with E-state index in [1.165, 1.54) is 18.3 Å². The monoisotopic (exact) mass is 314 g/mol. The molecule has 8 heteroatoms. The van der Waals surface area contributed by atoms with E-state index in [2.05, 4.69) is 15.0 Å². The van der Waals surface area contributed by atoms with Crippen molar-refractivity contribution in [3.63, 3.8) is 0 Å². The van der Waals surface area contributed by atoms with Gasteiger partial charge >= 0.3 is 5.69 Å². The zero-order chi connectivity index (χ0) is 15.5. The van der Waals surface area contributed by atoms with E-state index >= 15 is 0 Å². The molecule has 110 valence electrons. The average molecular weight is 314 g/mol. The van der Waals surface area contributed by atoms with E-state index in [1.807, 2.05) is 0 Å². The highest BCUT2D eigenvalue weighted by Gasteiger charge is 2.15. The first-order valence-corrected chi connectivity index (χ1v) is 7.34. The van der Waals surface area contributed by atoms with Gasteiger partial charge in [0.05, 0.1) is 21.6 Å². The molecule has 3 rings (SSSR count). The van der Waals surface area contributed by atoms with Gasteiger partial charge in [-0.3, -0.25) is 14.9 Å². The van der Waals surface area contributed by atoms with Crippen molar-refractivity contribution in [3.05, 3.63) is 68.9 Å². The number of nitrogens with zero attached hydrogens (tertiary/aromatic N) is 3. The summed E-state index contributed by atoms with van der Waals surface area (Å²) in [6.45, 7) is 0. The van der Waals surface area contributed by atoms with Gasteiger partial charge in [0.15, 0.2) is 5.03 Å². The normalized spacial score (nSPS) is 10.7. The third-order valence-electron chi connectivity index (χ3n) is 2.96. The van der Waals surface area contributed by atoms with E-state index in [4.69, 9.17) is 0 Å².